The number of pyridine rings is 2. The van der Waals surface area contributed by atoms with E-state index in [-0.39, 0.29) is 0 Å². The first-order valence-electron chi connectivity index (χ1n) is 8.67. The van der Waals surface area contributed by atoms with Crippen LogP contribution in [0.1, 0.15) is 0 Å². The fraction of sp³-hybridized carbons (Fsp3) is 0.111. The minimum absolute atomic E-state index is 0.308. The van der Waals surface area contributed by atoms with Crippen molar-refractivity contribution in [2.24, 2.45) is 0 Å². The second-order valence-corrected chi connectivity index (χ2v) is 8.05. The molecule has 0 unspecified atom stereocenters. The molecule has 0 fully saturated rings. The number of hydrogen-bond donors (Lipinski definition) is 2. The van der Waals surface area contributed by atoms with Gasteiger partial charge in [-0.1, -0.05) is 0 Å². The Bertz CT molecular complexity index is 1240. The first-order chi connectivity index (χ1) is 14.7. The van der Waals surface area contributed by atoms with E-state index in [1.807, 2.05) is 0 Å². The van der Waals surface area contributed by atoms with Gasteiger partial charge in [-0.15, -0.1) is 0 Å². The van der Waals surface area contributed by atoms with Crippen molar-refractivity contribution in [2.45, 2.75) is 13.1 Å². The molecule has 0 aliphatic heterocycles. The molecular weight excluding hydrogens is 543 g/mol. The molecule has 3 heterocycles. The van der Waals surface area contributed by atoms with Gasteiger partial charge in [-0.3, -0.25) is 9.36 Å². The van der Waals surface area contributed by atoms with Crippen LogP contribution in [0, 0.1) is 5.82 Å². The summed E-state index contributed by atoms with van der Waals surface area (Å²) in [6.45, 7) is -1.30. The van der Waals surface area contributed by atoms with Crippen LogP contribution in [-0.4, -0.2) is 20.9 Å². The molecule has 10 nitrogen and oxygen atoms in total. The molecule has 160 valence electrons. The van der Waals surface area contributed by atoms with Gasteiger partial charge in [-0.2, -0.15) is 4.39 Å². The molecule has 31 heavy (non-hydrogen) atoms. The Kier molecular flexibility index (Phi) is 7.07. The molecule has 0 aromatic carbocycles. The van der Waals surface area contributed by atoms with E-state index in [4.69, 9.17) is 0 Å². The van der Waals surface area contributed by atoms with Crippen LogP contribution in [0.25, 0.3) is 0 Å². The highest BCUT2D eigenvalue weighted by Crippen LogP contribution is 2.08. The second-order valence-electron chi connectivity index (χ2n) is 6.22. The lowest BCUT2D eigenvalue weighted by molar-refractivity contribution is -0.362. The van der Waals surface area contributed by atoms with E-state index in [1.165, 1.54) is 0 Å². The number of nitrogens with one attached hydrogen (secondary N) is 4. The van der Waals surface area contributed by atoms with Crippen LogP contribution in [0.15, 0.2) is 61.4 Å². The Balaban J connectivity index is 1.77. The molecule has 4 N–H and O–H groups in total. The van der Waals surface area contributed by atoms with E-state index in [0.29, 0.717) is 27.0 Å². The topological polar surface area (TPSA) is 130 Å². The van der Waals surface area contributed by atoms with Crippen molar-refractivity contribution in [3.63, 3.8) is 0 Å². The largest absolute Gasteiger partial charge is 0.332 e. The van der Waals surface area contributed by atoms with E-state index in [9.17, 15) is 23.6 Å². The Morgan fingerprint density at radius 3 is 1.90 bits per heavy atom. The third kappa shape index (κ3) is 5.92. The molecule has 0 spiro atoms. The molecule has 0 atom stereocenters. The average Bonchev–Trinajstić information content (AvgIpc) is 2.73. The fourth-order valence-electron chi connectivity index (χ4n) is 2.52. The summed E-state index contributed by atoms with van der Waals surface area (Å²) < 4.78 is 16.7. The molecule has 0 saturated carbocycles. The zero-order chi connectivity index (χ0) is 22.5. The SMILES string of the molecule is O=C(Cn1cc(F)c(=O)n(CC(=O)Nc2ccc(Br)c[nH+]2)c1=O)Nc1ccc(Br)c[nH+]1. The highest BCUT2D eigenvalue weighted by Gasteiger charge is 2.20. The van der Waals surface area contributed by atoms with Crippen LogP contribution in [-0.2, 0) is 22.7 Å². The summed E-state index contributed by atoms with van der Waals surface area (Å²) in [5.74, 6) is -1.99. The van der Waals surface area contributed by atoms with Crippen molar-refractivity contribution in [3.05, 3.63) is 78.5 Å². The maximum Gasteiger partial charge on any atom is 0.332 e. The number of carbonyl (C=O) groups excluding carboxylic acids is 2. The van der Waals surface area contributed by atoms with E-state index < -0.39 is 42.0 Å². The third-order valence-corrected chi connectivity index (χ3v) is 4.90. The highest BCUT2D eigenvalue weighted by atomic mass is 79.9. The van der Waals surface area contributed by atoms with Gasteiger partial charge in [0.05, 0.1) is 15.1 Å². The number of halogens is 3. The summed E-state index contributed by atoms with van der Waals surface area (Å²) in [5, 5.41) is 4.96. The van der Waals surface area contributed by atoms with Crippen molar-refractivity contribution < 1.29 is 23.9 Å². The molecular formula is C18H15Br2FN6O4+2. The summed E-state index contributed by atoms with van der Waals surface area (Å²) in [5.41, 5.74) is -2.27. The molecule has 0 radical (unpaired) electrons. The van der Waals surface area contributed by atoms with E-state index in [1.54, 1.807) is 36.7 Å². The molecule has 3 aromatic heterocycles. The zero-order valence-corrected chi connectivity index (χ0v) is 18.8. The van der Waals surface area contributed by atoms with Gasteiger partial charge < -0.3 is 0 Å². The number of anilines is 2. The maximum atomic E-state index is 14.1. The Hall–Kier alpha value is -3.19. The van der Waals surface area contributed by atoms with Gasteiger partial charge in [0, 0.05) is 12.1 Å². The number of aromatic amines is 2. The smallest absolute Gasteiger partial charge is 0.286 e. The molecule has 13 heteroatoms. The minimum Gasteiger partial charge on any atom is -0.286 e. The lowest BCUT2D eigenvalue weighted by Crippen LogP contribution is -2.45. The second kappa shape index (κ2) is 9.75. The molecule has 3 rings (SSSR count). The zero-order valence-electron chi connectivity index (χ0n) is 15.6. The number of nitrogens with zero attached hydrogens (tertiary/aromatic N) is 2. The monoisotopic (exact) mass is 556 g/mol. The summed E-state index contributed by atoms with van der Waals surface area (Å²) in [7, 11) is 0. The van der Waals surface area contributed by atoms with E-state index >= 15 is 0 Å². The Labute approximate surface area is 190 Å². The summed E-state index contributed by atoms with van der Waals surface area (Å²) in [6.07, 6.45) is 3.79. The molecule has 0 aliphatic rings. The fourth-order valence-corrected chi connectivity index (χ4v) is 3.01. The van der Waals surface area contributed by atoms with Gasteiger partial charge >= 0.3 is 17.5 Å². The van der Waals surface area contributed by atoms with Crippen LogP contribution >= 0.6 is 31.9 Å². The lowest BCUT2D eigenvalue weighted by atomic mass is 10.4. The lowest BCUT2D eigenvalue weighted by Gasteiger charge is -2.08. The van der Waals surface area contributed by atoms with Gasteiger partial charge in [0.15, 0.2) is 0 Å². The molecule has 0 bridgehead atoms. The predicted molar refractivity (Wildman–Crippen MR) is 114 cm³/mol. The molecule has 3 aromatic rings. The Morgan fingerprint density at radius 2 is 1.42 bits per heavy atom. The number of hydrogen-bond acceptors (Lipinski definition) is 4. The highest BCUT2D eigenvalue weighted by molar-refractivity contribution is 9.10. The van der Waals surface area contributed by atoms with E-state index in [0.717, 1.165) is 8.95 Å². The quantitative estimate of drug-likeness (QED) is 0.459. The number of rotatable bonds is 6. The molecule has 2 amide bonds. The summed E-state index contributed by atoms with van der Waals surface area (Å²) in [4.78, 5) is 54.6. The molecule has 0 aliphatic carbocycles. The van der Waals surface area contributed by atoms with Crippen LogP contribution in [0.2, 0.25) is 0 Å². The van der Waals surface area contributed by atoms with Gasteiger partial charge in [0.25, 0.3) is 17.2 Å². The minimum atomic E-state index is -1.27. The summed E-state index contributed by atoms with van der Waals surface area (Å²) >= 11 is 6.47. The standard InChI is InChI=1S/C18H13Br2FN6O4/c19-10-1-3-13(22-5-10)24-15(28)8-26-7-12(21)17(30)27(18(26)31)9-16(29)25-14-4-2-11(20)6-23-14/h1-7H,8-9H2,(H,22,24,28)(H,23,25,29)/p+2. The van der Waals surface area contributed by atoms with Crippen LogP contribution in [0.4, 0.5) is 16.0 Å². The van der Waals surface area contributed by atoms with Gasteiger partial charge in [-0.05, 0) is 44.0 Å². The third-order valence-electron chi connectivity index (χ3n) is 3.91. The van der Waals surface area contributed by atoms with Crippen molar-refractivity contribution in [1.29, 1.82) is 0 Å². The van der Waals surface area contributed by atoms with Crippen molar-refractivity contribution >= 4 is 55.3 Å². The van der Waals surface area contributed by atoms with Crippen LogP contribution < -0.4 is 31.9 Å². The summed E-state index contributed by atoms with van der Waals surface area (Å²) in [6, 6.07) is 6.47. The Morgan fingerprint density at radius 1 is 0.903 bits per heavy atom. The van der Waals surface area contributed by atoms with Gasteiger partial charge in [-0.25, -0.2) is 39.6 Å². The average molecular weight is 558 g/mol. The van der Waals surface area contributed by atoms with Crippen molar-refractivity contribution in [3.8, 4) is 0 Å². The van der Waals surface area contributed by atoms with Crippen molar-refractivity contribution in [2.75, 3.05) is 10.6 Å². The normalized spacial score (nSPS) is 10.5. The van der Waals surface area contributed by atoms with Crippen LogP contribution in [0.3, 0.4) is 0 Å². The van der Waals surface area contributed by atoms with Crippen LogP contribution in [0.5, 0.6) is 0 Å². The number of H-pyrrole nitrogens is 2. The molecule has 0 saturated heterocycles. The first kappa shape index (κ1) is 22.5. The van der Waals surface area contributed by atoms with Gasteiger partial charge in [0.2, 0.25) is 5.82 Å². The number of amides is 2. The number of carbonyl (C=O) groups is 2. The first-order valence-corrected chi connectivity index (χ1v) is 10.3. The van der Waals surface area contributed by atoms with Gasteiger partial charge in [0.1, 0.15) is 25.5 Å². The van der Waals surface area contributed by atoms with E-state index in [2.05, 4.69) is 52.5 Å². The number of aromatic nitrogens is 4. The predicted octanol–water partition coefficient (Wildman–Crippen LogP) is 0.580. The maximum absolute atomic E-state index is 14.1. The van der Waals surface area contributed by atoms with Crippen molar-refractivity contribution in [1.82, 2.24) is 9.13 Å².